The van der Waals surface area contributed by atoms with E-state index >= 15 is 0 Å². The molecule has 4 nitrogen and oxygen atoms in total. The summed E-state index contributed by atoms with van der Waals surface area (Å²) in [5, 5.41) is 2.27. The van der Waals surface area contributed by atoms with Crippen molar-refractivity contribution in [1.29, 1.82) is 0 Å². The molecular weight excluding hydrogens is 715 g/mol. The molecule has 57 heavy (non-hydrogen) atoms. The standard InChI is InChI=1S/C52H31N3OS/c1-3-14-32(15-4-1)49-53-50(33-16-5-2-6-17-33)55-51(54-49)36-19-13-18-34(28-36)35-26-27-41-38(29-35)39-31-46-40(37-20-7-10-23-45(37)56-46)30-44(39)52(41)42-21-8-11-24-47(42)57-48-25-12-9-22-43(48)52/h1-31H. The summed E-state index contributed by atoms with van der Waals surface area (Å²) < 4.78 is 6.55. The Morgan fingerprint density at radius 2 is 0.895 bits per heavy atom. The van der Waals surface area contributed by atoms with E-state index in [4.69, 9.17) is 19.4 Å². The normalized spacial score (nSPS) is 13.3. The second kappa shape index (κ2) is 12.5. The van der Waals surface area contributed by atoms with Crippen molar-refractivity contribution in [2.24, 2.45) is 0 Å². The lowest BCUT2D eigenvalue weighted by atomic mass is 9.67. The van der Waals surface area contributed by atoms with Gasteiger partial charge in [0.05, 0.1) is 5.41 Å². The van der Waals surface area contributed by atoms with Gasteiger partial charge in [-0.1, -0.05) is 157 Å². The molecule has 0 atom stereocenters. The molecule has 0 unspecified atom stereocenters. The lowest BCUT2D eigenvalue weighted by Gasteiger charge is -2.39. The van der Waals surface area contributed by atoms with E-state index < -0.39 is 5.41 Å². The fraction of sp³-hybridized carbons (Fsp3) is 0.0192. The molecule has 0 N–H and O–H groups in total. The van der Waals surface area contributed by atoms with Crippen LogP contribution in [-0.4, -0.2) is 15.0 Å². The van der Waals surface area contributed by atoms with Crippen LogP contribution in [0.5, 0.6) is 0 Å². The van der Waals surface area contributed by atoms with E-state index in [0.29, 0.717) is 17.5 Å². The molecule has 0 amide bonds. The van der Waals surface area contributed by atoms with Crippen molar-refractivity contribution in [1.82, 2.24) is 15.0 Å². The van der Waals surface area contributed by atoms with Gasteiger partial charge in [-0.15, -0.1) is 0 Å². The number of hydrogen-bond donors (Lipinski definition) is 0. The summed E-state index contributed by atoms with van der Waals surface area (Å²) in [5.74, 6) is 1.93. The van der Waals surface area contributed by atoms with Crippen LogP contribution in [0.4, 0.5) is 0 Å². The summed E-state index contributed by atoms with van der Waals surface area (Å²) in [5.41, 5.74) is 13.9. The number of benzene rings is 8. The first-order valence-electron chi connectivity index (χ1n) is 19.2. The molecule has 10 aromatic rings. The second-order valence-electron chi connectivity index (χ2n) is 14.7. The average Bonchev–Trinajstić information content (AvgIpc) is 3.79. The van der Waals surface area contributed by atoms with Crippen LogP contribution in [0.3, 0.4) is 0 Å². The Hall–Kier alpha value is -7.08. The fourth-order valence-corrected chi connectivity index (χ4v) is 10.3. The molecule has 12 rings (SSSR count). The zero-order valence-electron chi connectivity index (χ0n) is 30.6. The minimum Gasteiger partial charge on any atom is -0.456 e. The Kier molecular flexibility index (Phi) is 7.04. The number of rotatable bonds is 4. The first-order chi connectivity index (χ1) is 28.2. The van der Waals surface area contributed by atoms with E-state index in [1.54, 1.807) is 0 Å². The van der Waals surface area contributed by atoms with Gasteiger partial charge in [0.15, 0.2) is 17.5 Å². The van der Waals surface area contributed by atoms with Crippen molar-refractivity contribution in [3.8, 4) is 56.4 Å². The van der Waals surface area contributed by atoms with Gasteiger partial charge in [-0.2, -0.15) is 0 Å². The zero-order chi connectivity index (χ0) is 37.5. The number of nitrogens with zero attached hydrogens (tertiary/aromatic N) is 3. The van der Waals surface area contributed by atoms with Gasteiger partial charge in [-0.3, -0.25) is 0 Å². The molecule has 1 spiro atoms. The van der Waals surface area contributed by atoms with Crippen molar-refractivity contribution in [2.75, 3.05) is 0 Å². The minimum atomic E-state index is -0.497. The van der Waals surface area contributed by atoms with Gasteiger partial charge < -0.3 is 4.42 Å². The van der Waals surface area contributed by atoms with Crippen LogP contribution in [0.1, 0.15) is 22.3 Å². The van der Waals surface area contributed by atoms with Gasteiger partial charge in [0.1, 0.15) is 11.2 Å². The molecular formula is C52H31N3OS. The monoisotopic (exact) mass is 745 g/mol. The maximum atomic E-state index is 6.55. The van der Waals surface area contributed by atoms with Gasteiger partial charge in [0.2, 0.25) is 0 Å². The molecule has 1 aliphatic carbocycles. The molecule has 266 valence electrons. The Balaban J connectivity index is 1.07. The molecule has 0 saturated heterocycles. The number of aromatic nitrogens is 3. The minimum absolute atomic E-state index is 0.497. The number of para-hydroxylation sites is 1. The molecule has 0 radical (unpaired) electrons. The quantitative estimate of drug-likeness (QED) is 0.180. The number of fused-ring (bicyclic) bond motifs is 12. The third-order valence-electron chi connectivity index (χ3n) is 11.6. The van der Waals surface area contributed by atoms with E-state index in [9.17, 15) is 0 Å². The molecule has 1 aliphatic heterocycles. The average molecular weight is 746 g/mol. The van der Waals surface area contributed by atoms with E-state index in [0.717, 1.165) is 49.8 Å². The van der Waals surface area contributed by atoms with Crippen molar-refractivity contribution in [3.63, 3.8) is 0 Å². The van der Waals surface area contributed by atoms with Gasteiger partial charge in [0, 0.05) is 37.3 Å². The van der Waals surface area contributed by atoms with Crippen LogP contribution < -0.4 is 0 Å². The first kappa shape index (κ1) is 32.2. The highest BCUT2D eigenvalue weighted by Crippen LogP contribution is 2.63. The predicted molar refractivity (Wildman–Crippen MR) is 230 cm³/mol. The molecule has 2 aromatic heterocycles. The SMILES string of the molecule is c1ccc(-c2nc(-c3ccccc3)nc(-c3cccc(-c4ccc5c(c4)-c4cc6oc7ccccc7c6cc4C54c5ccccc5Sc5ccccc54)c3)n2)cc1. The van der Waals surface area contributed by atoms with Crippen molar-refractivity contribution >= 4 is 33.7 Å². The number of hydrogen-bond acceptors (Lipinski definition) is 5. The summed E-state index contributed by atoms with van der Waals surface area (Å²) in [6, 6.07) is 66.8. The van der Waals surface area contributed by atoms with E-state index in [2.05, 4.69) is 121 Å². The van der Waals surface area contributed by atoms with Crippen molar-refractivity contribution < 1.29 is 4.42 Å². The Bertz CT molecular complexity index is 3120. The largest absolute Gasteiger partial charge is 0.456 e. The number of furan rings is 1. The molecule has 2 aliphatic rings. The maximum Gasteiger partial charge on any atom is 0.164 e. The second-order valence-corrected chi connectivity index (χ2v) is 15.8. The lowest BCUT2D eigenvalue weighted by molar-refractivity contribution is 0.668. The highest BCUT2D eigenvalue weighted by molar-refractivity contribution is 7.99. The van der Waals surface area contributed by atoms with E-state index in [1.165, 1.54) is 43.2 Å². The molecule has 0 fully saturated rings. The third-order valence-corrected chi connectivity index (χ3v) is 12.7. The smallest absolute Gasteiger partial charge is 0.164 e. The highest BCUT2D eigenvalue weighted by Gasteiger charge is 2.50. The molecule has 3 heterocycles. The summed E-state index contributed by atoms with van der Waals surface area (Å²) in [7, 11) is 0. The van der Waals surface area contributed by atoms with Gasteiger partial charge in [-0.25, -0.2) is 15.0 Å². The molecule has 0 bridgehead atoms. The topological polar surface area (TPSA) is 51.8 Å². The van der Waals surface area contributed by atoms with E-state index in [-0.39, 0.29) is 0 Å². The van der Waals surface area contributed by atoms with Crippen LogP contribution in [-0.2, 0) is 5.41 Å². The summed E-state index contributed by atoms with van der Waals surface area (Å²) >= 11 is 1.86. The Morgan fingerprint density at radius 3 is 1.60 bits per heavy atom. The first-order valence-corrected chi connectivity index (χ1v) is 20.0. The Morgan fingerprint density at radius 1 is 0.351 bits per heavy atom. The van der Waals surface area contributed by atoms with E-state index in [1.807, 2.05) is 78.5 Å². The van der Waals surface area contributed by atoms with Gasteiger partial charge in [-0.05, 0) is 87.0 Å². The predicted octanol–water partition coefficient (Wildman–Crippen LogP) is 13.3. The van der Waals surface area contributed by atoms with Crippen LogP contribution in [0, 0.1) is 0 Å². The van der Waals surface area contributed by atoms with Gasteiger partial charge >= 0.3 is 0 Å². The highest BCUT2D eigenvalue weighted by atomic mass is 32.2. The molecule has 5 heteroatoms. The summed E-state index contributed by atoms with van der Waals surface area (Å²) in [6.07, 6.45) is 0. The maximum absolute atomic E-state index is 6.55. The van der Waals surface area contributed by atoms with Gasteiger partial charge in [0.25, 0.3) is 0 Å². The van der Waals surface area contributed by atoms with Crippen molar-refractivity contribution in [2.45, 2.75) is 15.2 Å². The molecule has 0 saturated carbocycles. The fourth-order valence-electron chi connectivity index (χ4n) is 9.07. The zero-order valence-corrected chi connectivity index (χ0v) is 31.4. The third kappa shape index (κ3) is 4.86. The summed E-state index contributed by atoms with van der Waals surface area (Å²) in [4.78, 5) is 17.6. The lowest BCUT2D eigenvalue weighted by Crippen LogP contribution is -2.31. The van der Waals surface area contributed by atoms with Crippen molar-refractivity contribution in [3.05, 3.63) is 210 Å². The Labute approximate surface area is 333 Å². The summed E-state index contributed by atoms with van der Waals surface area (Å²) in [6.45, 7) is 0. The molecule has 8 aromatic carbocycles. The van der Waals surface area contributed by atoms with Crippen LogP contribution in [0.15, 0.2) is 202 Å². The van der Waals surface area contributed by atoms with Crippen LogP contribution in [0.25, 0.3) is 78.4 Å². The van der Waals surface area contributed by atoms with Crippen LogP contribution >= 0.6 is 11.8 Å². The van der Waals surface area contributed by atoms with Crippen LogP contribution in [0.2, 0.25) is 0 Å².